The van der Waals surface area contributed by atoms with Gasteiger partial charge in [0.25, 0.3) is 0 Å². The lowest BCUT2D eigenvalue weighted by molar-refractivity contribution is 0.405. The highest BCUT2D eigenvalue weighted by atomic mass is 32.2. The van der Waals surface area contributed by atoms with Crippen LogP contribution in [-0.4, -0.2) is 13.7 Å². The Morgan fingerprint density at radius 2 is 2.33 bits per heavy atom. The van der Waals surface area contributed by atoms with Crippen LogP contribution in [0.15, 0.2) is 43.2 Å². The van der Waals surface area contributed by atoms with Crippen LogP contribution >= 0.6 is 23.1 Å². The zero-order valence-corrected chi connectivity index (χ0v) is 13.3. The van der Waals surface area contributed by atoms with Gasteiger partial charge in [-0.15, -0.1) is 11.3 Å². The fraction of sp³-hybridized carbons (Fsp3) is 0.250. The smallest absolute Gasteiger partial charge is 0.176 e. The molecule has 1 N–H and O–H groups in total. The molecule has 0 atom stereocenters. The summed E-state index contributed by atoms with van der Waals surface area (Å²) in [6.07, 6.45) is 0.945. The molecule has 0 bridgehead atoms. The van der Waals surface area contributed by atoms with Crippen molar-refractivity contribution in [2.24, 2.45) is 0 Å². The van der Waals surface area contributed by atoms with Gasteiger partial charge in [0.2, 0.25) is 0 Å². The van der Waals surface area contributed by atoms with Crippen molar-refractivity contribution < 1.29 is 9.15 Å². The molecule has 0 saturated carbocycles. The third kappa shape index (κ3) is 2.35. The molecule has 1 aliphatic heterocycles. The van der Waals surface area contributed by atoms with Crippen LogP contribution in [0.5, 0.6) is 5.75 Å². The molecule has 0 spiro atoms. The van der Waals surface area contributed by atoms with Crippen LogP contribution in [0.25, 0.3) is 11.0 Å². The maximum atomic E-state index is 6.03. The Kier molecular flexibility index (Phi) is 3.41. The van der Waals surface area contributed by atoms with E-state index in [2.05, 4.69) is 35.0 Å². The number of hydrogen-bond donors (Lipinski definition) is 1. The van der Waals surface area contributed by atoms with Gasteiger partial charge >= 0.3 is 0 Å². The van der Waals surface area contributed by atoms with Crippen molar-refractivity contribution in [3.8, 4) is 5.75 Å². The normalized spacial score (nSPS) is 14.3. The van der Waals surface area contributed by atoms with Crippen molar-refractivity contribution in [1.82, 2.24) is 5.32 Å². The summed E-state index contributed by atoms with van der Waals surface area (Å²) in [5.74, 6) is 1.92. The Labute approximate surface area is 131 Å². The standard InChI is InChI=1S/C16H15NO2S2/c1-18-14-8-10(21-15-3-2-6-20-15)7-11-12-9-17-5-4-13(12)19-16(11)14/h2-3,6-8,17H,4-5,9H2,1H3. The van der Waals surface area contributed by atoms with Gasteiger partial charge in [0, 0.05) is 35.4 Å². The maximum absolute atomic E-state index is 6.03. The fourth-order valence-corrected chi connectivity index (χ4v) is 4.52. The zero-order valence-electron chi connectivity index (χ0n) is 11.6. The van der Waals surface area contributed by atoms with Crippen molar-refractivity contribution >= 4 is 34.1 Å². The molecule has 3 heterocycles. The van der Waals surface area contributed by atoms with E-state index < -0.39 is 0 Å². The fourth-order valence-electron chi connectivity index (χ4n) is 2.70. The Bertz CT molecular complexity index is 777. The van der Waals surface area contributed by atoms with Crippen molar-refractivity contribution in [2.45, 2.75) is 22.1 Å². The highest BCUT2D eigenvalue weighted by Gasteiger charge is 2.20. The number of furan rings is 1. The van der Waals surface area contributed by atoms with E-state index in [4.69, 9.17) is 9.15 Å². The summed E-state index contributed by atoms with van der Waals surface area (Å²) in [7, 11) is 1.70. The number of fused-ring (bicyclic) bond motifs is 3. The van der Waals surface area contributed by atoms with Gasteiger partial charge in [-0.2, -0.15) is 0 Å². The third-order valence-corrected chi connectivity index (χ3v) is 5.69. The molecule has 0 saturated heterocycles. The molecule has 3 nitrogen and oxygen atoms in total. The second-order valence-corrected chi connectivity index (χ2v) is 7.29. The molecule has 3 aromatic rings. The Balaban J connectivity index is 1.85. The largest absolute Gasteiger partial charge is 0.493 e. The number of rotatable bonds is 3. The number of thiophene rings is 1. The van der Waals surface area contributed by atoms with Crippen molar-refractivity contribution in [3.05, 3.63) is 41.0 Å². The Morgan fingerprint density at radius 1 is 1.38 bits per heavy atom. The molecule has 1 aromatic carbocycles. The Morgan fingerprint density at radius 3 is 3.14 bits per heavy atom. The van der Waals surface area contributed by atoms with E-state index in [-0.39, 0.29) is 0 Å². The number of hydrogen-bond acceptors (Lipinski definition) is 5. The predicted molar refractivity (Wildman–Crippen MR) is 86.6 cm³/mol. The molecule has 21 heavy (non-hydrogen) atoms. The SMILES string of the molecule is COc1cc(Sc2cccs2)cc2c3c(oc12)CCNC3. The topological polar surface area (TPSA) is 34.4 Å². The minimum atomic E-state index is 0.820. The second-order valence-electron chi connectivity index (χ2n) is 4.97. The van der Waals surface area contributed by atoms with Gasteiger partial charge in [-0.25, -0.2) is 0 Å². The molecular weight excluding hydrogens is 302 g/mol. The third-order valence-electron chi connectivity index (χ3n) is 3.68. The van der Waals surface area contributed by atoms with Crippen molar-refractivity contribution in [1.29, 1.82) is 0 Å². The van der Waals surface area contributed by atoms with Crippen LogP contribution in [0.1, 0.15) is 11.3 Å². The van der Waals surface area contributed by atoms with E-state index in [0.717, 1.165) is 36.6 Å². The zero-order chi connectivity index (χ0) is 14.2. The molecule has 0 fully saturated rings. The van der Waals surface area contributed by atoms with Gasteiger partial charge in [0.1, 0.15) is 5.76 Å². The van der Waals surface area contributed by atoms with Crippen LogP contribution in [0, 0.1) is 0 Å². The molecular formula is C16H15NO2S2. The summed E-state index contributed by atoms with van der Waals surface area (Å²) in [5.41, 5.74) is 2.16. The lowest BCUT2D eigenvalue weighted by Gasteiger charge is -2.11. The number of methoxy groups -OCH3 is 1. The molecule has 0 unspecified atom stereocenters. The summed E-state index contributed by atoms with van der Waals surface area (Å²) in [5, 5.41) is 6.69. The first kappa shape index (κ1) is 13.2. The summed E-state index contributed by atoms with van der Waals surface area (Å²) >= 11 is 3.52. The van der Waals surface area contributed by atoms with E-state index in [1.165, 1.54) is 20.1 Å². The van der Waals surface area contributed by atoms with Gasteiger partial charge in [-0.05, 0) is 23.6 Å². The molecule has 0 radical (unpaired) electrons. The van der Waals surface area contributed by atoms with Crippen LogP contribution < -0.4 is 10.1 Å². The first-order valence-corrected chi connectivity index (χ1v) is 8.59. The average molecular weight is 317 g/mol. The number of benzene rings is 1. The van der Waals surface area contributed by atoms with Crippen molar-refractivity contribution in [3.63, 3.8) is 0 Å². The average Bonchev–Trinajstić information content (AvgIpc) is 3.14. The minimum Gasteiger partial charge on any atom is -0.493 e. The van der Waals surface area contributed by atoms with E-state index in [1.807, 2.05) is 0 Å². The second kappa shape index (κ2) is 5.40. The summed E-state index contributed by atoms with van der Waals surface area (Å²) < 4.78 is 12.9. The quantitative estimate of drug-likeness (QED) is 0.781. The lowest BCUT2D eigenvalue weighted by Crippen LogP contribution is -2.22. The van der Waals surface area contributed by atoms with Crippen LogP contribution in [0.4, 0.5) is 0 Å². The molecule has 4 rings (SSSR count). The molecule has 5 heteroatoms. The molecule has 1 aliphatic rings. The van der Waals surface area contributed by atoms with Crippen LogP contribution in [-0.2, 0) is 13.0 Å². The summed E-state index contributed by atoms with van der Waals surface area (Å²) in [6, 6.07) is 8.50. The van der Waals surface area contributed by atoms with Gasteiger partial charge in [0.15, 0.2) is 11.3 Å². The number of ether oxygens (including phenoxy) is 1. The van der Waals surface area contributed by atoms with E-state index in [9.17, 15) is 0 Å². The van der Waals surface area contributed by atoms with Gasteiger partial charge < -0.3 is 14.5 Å². The molecule has 2 aromatic heterocycles. The van der Waals surface area contributed by atoms with Gasteiger partial charge in [0.05, 0.1) is 11.3 Å². The van der Waals surface area contributed by atoms with Crippen molar-refractivity contribution in [2.75, 3.05) is 13.7 Å². The summed E-state index contributed by atoms with van der Waals surface area (Å²) in [4.78, 5) is 1.19. The van der Waals surface area contributed by atoms with Crippen LogP contribution in [0.2, 0.25) is 0 Å². The van der Waals surface area contributed by atoms with Gasteiger partial charge in [-0.3, -0.25) is 0 Å². The first-order chi connectivity index (χ1) is 10.3. The molecule has 0 amide bonds. The highest BCUT2D eigenvalue weighted by Crippen LogP contribution is 2.40. The van der Waals surface area contributed by atoms with Gasteiger partial charge in [-0.1, -0.05) is 17.8 Å². The monoisotopic (exact) mass is 317 g/mol. The Hall–Kier alpha value is -1.43. The molecule has 0 aliphatic carbocycles. The minimum absolute atomic E-state index is 0.820. The maximum Gasteiger partial charge on any atom is 0.176 e. The lowest BCUT2D eigenvalue weighted by atomic mass is 10.1. The first-order valence-electron chi connectivity index (χ1n) is 6.89. The van der Waals surface area contributed by atoms with E-state index in [0.29, 0.717) is 0 Å². The summed E-state index contributed by atoms with van der Waals surface area (Å²) in [6.45, 7) is 1.85. The van der Waals surface area contributed by atoms with Crippen LogP contribution in [0.3, 0.4) is 0 Å². The highest BCUT2D eigenvalue weighted by molar-refractivity contribution is 8.01. The predicted octanol–water partition coefficient (Wildman–Crippen LogP) is 4.30. The number of nitrogens with one attached hydrogen (secondary N) is 1. The van der Waals surface area contributed by atoms with E-state index in [1.54, 1.807) is 30.2 Å². The molecule has 108 valence electrons. The van der Waals surface area contributed by atoms with E-state index >= 15 is 0 Å².